The third-order valence-corrected chi connectivity index (χ3v) is 2.14. The maximum absolute atomic E-state index is 10.9. The van der Waals surface area contributed by atoms with Crippen LogP contribution in [0.15, 0.2) is 30.3 Å². The van der Waals surface area contributed by atoms with E-state index in [2.05, 4.69) is 0 Å². The summed E-state index contributed by atoms with van der Waals surface area (Å²) in [6.45, 7) is 0. The lowest BCUT2D eigenvalue weighted by molar-refractivity contribution is -0.147. The average molecular weight is 178 g/mol. The number of rotatable bonds is 1. The van der Waals surface area contributed by atoms with Crippen molar-refractivity contribution in [3.63, 3.8) is 0 Å². The van der Waals surface area contributed by atoms with Crippen molar-refractivity contribution >= 4 is 5.97 Å². The number of carbonyl (C=O) groups excluding carboxylic acids is 1. The molecule has 1 fully saturated rings. The Morgan fingerprint density at radius 1 is 1.31 bits per heavy atom. The average Bonchev–Trinajstić information content (AvgIpc) is 2.49. The van der Waals surface area contributed by atoms with Gasteiger partial charge in [-0.2, -0.15) is 0 Å². The van der Waals surface area contributed by atoms with Gasteiger partial charge in [-0.25, -0.2) is 4.79 Å². The second-order valence-corrected chi connectivity index (χ2v) is 3.09. The smallest absolute Gasteiger partial charge is 0.335 e. The fourth-order valence-electron chi connectivity index (χ4n) is 1.44. The van der Waals surface area contributed by atoms with Crippen molar-refractivity contribution in [2.24, 2.45) is 0 Å². The molecule has 0 aromatic heterocycles. The zero-order valence-corrected chi connectivity index (χ0v) is 7.01. The summed E-state index contributed by atoms with van der Waals surface area (Å²) in [4.78, 5) is 10.9. The molecular formula is C10H10O3. The molecule has 0 saturated carbocycles. The first-order valence-electron chi connectivity index (χ1n) is 4.21. The van der Waals surface area contributed by atoms with Gasteiger partial charge in [0.1, 0.15) is 6.10 Å². The molecule has 1 saturated heterocycles. The van der Waals surface area contributed by atoms with Gasteiger partial charge < -0.3 is 9.84 Å². The van der Waals surface area contributed by atoms with Crippen molar-refractivity contribution in [1.29, 1.82) is 0 Å². The second kappa shape index (κ2) is 3.18. The summed E-state index contributed by atoms with van der Waals surface area (Å²) >= 11 is 0. The molecule has 0 radical (unpaired) electrons. The fourth-order valence-corrected chi connectivity index (χ4v) is 1.44. The highest BCUT2D eigenvalue weighted by Gasteiger charge is 2.33. The van der Waals surface area contributed by atoms with Crippen LogP contribution in [0.5, 0.6) is 0 Å². The van der Waals surface area contributed by atoms with Crippen LogP contribution in [0.25, 0.3) is 0 Å². The highest BCUT2D eigenvalue weighted by atomic mass is 16.6. The summed E-state index contributed by atoms with van der Waals surface area (Å²) in [6.07, 6.45) is -0.864. The van der Waals surface area contributed by atoms with Gasteiger partial charge in [0, 0.05) is 6.42 Å². The molecular weight excluding hydrogens is 168 g/mol. The van der Waals surface area contributed by atoms with Crippen LogP contribution < -0.4 is 0 Å². The summed E-state index contributed by atoms with van der Waals surface area (Å²) in [7, 11) is 0. The molecule has 3 heteroatoms. The minimum absolute atomic E-state index is 0.274. The first kappa shape index (κ1) is 8.26. The molecule has 0 spiro atoms. The van der Waals surface area contributed by atoms with Gasteiger partial charge in [-0.15, -0.1) is 0 Å². The molecule has 2 unspecified atom stereocenters. The van der Waals surface area contributed by atoms with Crippen LogP contribution in [0.4, 0.5) is 0 Å². The first-order valence-corrected chi connectivity index (χ1v) is 4.21. The Morgan fingerprint density at radius 2 is 2.00 bits per heavy atom. The zero-order valence-electron chi connectivity index (χ0n) is 7.01. The van der Waals surface area contributed by atoms with E-state index in [-0.39, 0.29) is 6.10 Å². The van der Waals surface area contributed by atoms with Crippen LogP contribution in [0.3, 0.4) is 0 Å². The van der Waals surface area contributed by atoms with Gasteiger partial charge in [0.15, 0.2) is 6.10 Å². The van der Waals surface area contributed by atoms with Crippen molar-refractivity contribution in [1.82, 2.24) is 0 Å². The van der Waals surface area contributed by atoms with Crippen LogP contribution in [0.2, 0.25) is 0 Å². The normalized spacial score (nSPS) is 27.3. The van der Waals surface area contributed by atoms with Gasteiger partial charge in [-0.1, -0.05) is 30.3 Å². The topological polar surface area (TPSA) is 46.5 Å². The number of esters is 1. The molecule has 1 heterocycles. The van der Waals surface area contributed by atoms with Gasteiger partial charge in [-0.3, -0.25) is 0 Å². The van der Waals surface area contributed by atoms with E-state index in [0.717, 1.165) is 5.56 Å². The Morgan fingerprint density at radius 3 is 2.54 bits per heavy atom. The number of hydrogen-bond acceptors (Lipinski definition) is 3. The lowest BCUT2D eigenvalue weighted by Crippen LogP contribution is -2.11. The second-order valence-electron chi connectivity index (χ2n) is 3.09. The largest absolute Gasteiger partial charge is 0.455 e. The molecule has 1 aliphatic heterocycles. The van der Waals surface area contributed by atoms with E-state index in [1.54, 1.807) is 0 Å². The Balaban J connectivity index is 2.17. The fraction of sp³-hybridized carbons (Fsp3) is 0.300. The molecule has 3 nitrogen and oxygen atoms in total. The quantitative estimate of drug-likeness (QED) is 0.653. The van der Waals surface area contributed by atoms with Crippen LogP contribution in [0.1, 0.15) is 18.1 Å². The van der Waals surface area contributed by atoms with Gasteiger partial charge in [-0.05, 0) is 5.56 Å². The molecule has 0 amide bonds. The number of carbonyl (C=O) groups is 1. The van der Waals surface area contributed by atoms with Crippen LogP contribution in [-0.4, -0.2) is 17.2 Å². The molecule has 0 aliphatic carbocycles. The minimum Gasteiger partial charge on any atom is -0.455 e. The monoisotopic (exact) mass is 178 g/mol. The van der Waals surface area contributed by atoms with Crippen molar-refractivity contribution in [3.8, 4) is 0 Å². The molecule has 68 valence electrons. The molecule has 1 N–H and O–H groups in total. The first-order chi connectivity index (χ1) is 6.27. The van der Waals surface area contributed by atoms with Crippen LogP contribution >= 0.6 is 0 Å². The number of benzene rings is 1. The number of hydrogen-bond donors (Lipinski definition) is 1. The summed E-state index contributed by atoms with van der Waals surface area (Å²) in [5.74, 6) is -0.520. The highest BCUT2D eigenvalue weighted by molar-refractivity contribution is 5.76. The van der Waals surface area contributed by atoms with Crippen molar-refractivity contribution in [2.45, 2.75) is 18.6 Å². The Labute approximate surface area is 76.0 Å². The summed E-state index contributed by atoms with van der Waals surface area (Å²) in [6, 6.07) is 9.43. The van der Waals surface area contributed by atoms with E-state index in [1.165, 1.54) is 0 Å². The van der Waals surface area contributed by atoms with Crippen molar-refractivity contribution < 1.29 is 14.6 Å². The molecule has 1 aromatic rings. The molecule has 13 heavy (non-hydrogen) atoms. The summed E-state index contributed by atoms with van der Waals surface area (Å²) in [5.41, 5.74) is 0.937. The van der Waals surface area contributed by atoms with E-state index in [1.807, 2.05) is 30.3 Å². The molecule has 2 atom stereocenters. The van der Waals surface area contributed by atoms with E-state index in [9.17, 15) is 4.79 Å². The SMILES string of the molecule is O=C1OC(c2ccccc2)CC1O. The zero-order chi connectivity index (χ0) is 9.26. The third-order valence-electron chi connectivity index (χ3n) is 2.14. The van der Waals surface area contributed by atoms with E-state index in [4.69, 9.17) is 9.84 Å². The Kier molecular flexibility index (Phi) is 2.02. The van der Waals surface area contributed by atoms with Crippen molar-refractivity contribution in [3.05, 3.63) is 35.9 Å². The lowest BCUT2D eigenvalue weighted by Gasteiger charge is -2.07. The molecule has 0 bridgehead atoms. The van der Waals surface area contributed by atoms with Crippen molar-refractivity contribution in [2.75, 3.05) is 0 Å². The lowest BCUT2D eigenvalue weighted by atomic mass is 10.1. The van der Waals surface area contributed by atoms with Crippen LogP contribution in [-0.2, 0) is 9.53 Å². The van der Waals surface area contributed by atoms with E-state index < -0.39 is 12.1 Å². The maximum atomic E-state index is 10.9. The standard InChI is InChI=1S/C10H10O3/c11-8-6-9(13-10(8)12)7-4-2-1-3-5-7/h1-5,8-9,11H,6H2. The van der Waals surface area contributed by atoms with Gasteiger partial charge in [0.05, 0.1) is 0 Å². The minimum atomic E-state index is -0.954. The predicted molar refractivity (Wildman–Crippen MR) is 45.9 cm³/mol. The Bertz CT molecular complexity index is 307. The maximum Gasteiger partial charge on any atom is 0.335 e. The third kappa shape index (κ3) is 1.55. The summed E-state index contributed by atoms with van der Waals surface area (Å²) in [5, 5.41) is 9.15. The number of aliphatic hydroxyl groups is 1. The van der Waals surface area contributed by atoms with E-state index in [0.29, 0.717) is 6.42 Å². The number of ether oxygens (including phenoxy) is 1. The molecule has 2 rings (SSSR count). The number of aliphatic hydroxyl groups excluding tert-OH is 1. The predicted octanol–water partition coefficient (Wildman–Crippen LogP) is 1.04. The summed E-state index contributed by atoms with van der Waals surface area (Å²) < 4.78 is 4.97. The van der Waals surface area contributed by atoms with Gasteiger partial charge in [0.25, 0.3) is 0 Å². The highest BCUT2D eigenvalue weighted by Crippen LogP contribution is 2.29. The van der Waals surface area contributed by atoms with E-state index >= 15 is 0 Å². The van der Waals surface area contributed by atoms with Gasteiger partial charge >= 0.3 is 5.97 Å². The van der Waals surface area contributed by atoms with Gasteiger partial charge in [0.2, 0.25) is 0 Å². The number of cyclic esters (lactones) is 1. The molecule has 1 aliphatic rings. The van der Waals surface area contributed by atoms with Crippen LogP contribution in [0, 0.1) is 0 Å². The Hall–Kier alpha value is -1.35. The molecule has 1 aromatic carbocycles.